The third-order valence-corrected chi connectivity index (χ3v) is 3.50. The van der Waals surface area contributed by atoms with Crippen LogP contribution < -0.4 is 0 Å². The van der Waals surface area contributed by atoms with Gasteiger partial charge in [0.1, 0.15) is 11.5 Å². The Morgan fingerprint density at radius 3 is 2.39 bits per heavy atom. The number of aromatic amines is 1. The van der Waals surface area contributed by atoms with Gasteiger partial charge in [0, 0.05) is 11.3 Å². The predicted molar refractivity (Wildman–Crippen MR) is 81.3 cm³/mol. The Balaban J connectivity index is 2.12. The number of halogens is 1. The van der Waals surface area contributed by atoms with Gasteiger partial charge in [-0.05, 0) is 38.5 Å². The van der Waals surface area contributed by atoms with Crippen molar-refractivity contribution in [2.75, 3.05) is 6.61 Å². The standard InChI is InChI=1S/C17H16FNO4/c1-9-15(11(3)20)10(2)19-16(9)17(22)23-8-14(21)12-6-4-5-7-13(12)18/h4-7,19H,8H2,1-3H3. The highest BCUT2D eigenvalue weighted by atomic mass is 19.1. The van der Waals surface area contributed by atoms with E-state index in [1.165, 1.54) is 25.1 Å². The summed E-state index contributed by atoms with van der Waals surface area (Å²) in [6.45, 7) is 4.12. The number of carbonyl (C=O) groups excluding carboxylic acids is 3. The van der Waals surface area contributed by atoms with Crippen LogP contribution in [0, 0.1) is 19.7 Å². The van der Waals surface area contributed by atoms with Gasteiger partial charge in [0.15, 0.2) is 12.4 Å². The second-order valence-corrected chi connectivity index (χ2v) is 5.16. The molecule has 0 bridgehead atoms. The fourth-order valence-electron chi connectivity index (χ4n) is 2.45. The Morgan fingerprint density at radius 2 is 1.83 bits per heavy atom. The third kappa shape index (κ3) is 3.36. The molecule has 0 aliphatic heterocycles. The largest absolute Gasteiger partial charge is 0.453 e. The van der Waals surface area contributed by atoms with Crippen LogP contribution in [0.15, 0.2) is 24.3 Å². The molecule has 2 aromatic rings. The number of benzene rings is 1. The van der Waals surface area contributed by atoms with Gasteiger partial charge in [0.05, 0.1) is 5.56 Å². The first-order valence-corrected chi connectivity index (χ1v) is 6.98. The van der Waals surface area contributed by atoms with Crippen molar-refractivity contribution in [3.8, 4) is 0 Å². The quantitative estimate of drug-likeness (QED) is 0.679. The van der Waals surface area contributed by atoms with E-state index in [2.05, 4.69) is 4.98 Å². The van der Waals surface area contributed by atoms with Gasteiger partial charge >= 0.3 is 5.97 Å². The Bertz CT molecular complexity index is 792. The van der Waals surface area contributed by atoms with Crippen molar-refractivity contribution >= 4 is 17.5 Å². The first-order chi connectivity index (χ1) is 10.8. The highest BCUT2D eigenvalue weighted by Gasteiger charge is 2.22. The van der Waals surface area contributed by atoms with Gasteiger partial charge in [-0.3, -0.25) is 9.59 Å². The van der Waals surface area contributed by atoms with Crippen LogP contribution in [0.5, 0.6) is 0 Å². The van der Waals surface area contributed by atoms with E-state index >= 15 is 0 Å². The Labute approximate surface area is 132 Å². The molecule has 0 saturated heterocycles. The molecule has 1 heterocycles. The topological polar surface area (TPSA) is 76.2 Å². The molecule has 2 rings (SSSR count). The maximum Gasteiger partial charge on any atom is 0.355 e. The summed E-state index contributed by atoms with van der Waals surface area (Å²) in [4.78, 5) is 38.3. The molecule has 1 aromatic carbocycles. The maximum absolute atomic E-state index is 13.5. The van der Waals surface area contributed by atoms with Crippen LogP contribution >= 0.6 is 0 Å². The number of Topliss-reactive ketones (excluding diaryl/α,β-unsaturated/α-hetero) is 2. The van der Waals surface area contributed by atoms with Crippen molar-refractivity contribution in [3.05, 3.63) is 58.2 Å². The summed E-state index contributed by atoms with van der Waals surface area (Å²) in [5.74, 6) is -2.23. The van der Waals surface area contributed by atoms with E-state index in [0.29, 0.717) is 16.8 Å². The number of aromatic nitrogens is 1. The van der Waals surface area contributed by atoms with Gasteiger partial charge in [0.2, 0.25) is 5.78 Å². The normalized spacial score (nSPS) is 10.4. The van der Waals surface area contributed by atoms with Crippen molar-refractivity contribution in [1.29, 1.82) is 0 Å². The van der Waals surface area contributed by atoms with E-state index in [1.54, 1.807) is 13.8 Å². The first-order valence-electron chi connectivity index (χ1n) is 6.98. The zero-order chi connectivity index (χ0) is 17.1. The van der Waals surface area contributed by atoms with Gasteiger partial charge < -0.3 is 9.72 Å². The number of aryl methyl sites for hydroxylation is 1. The number of esters is 1. The summed E-state index contributed by atoms with van der Waals surface area (Å²) in [5.41, 5.74) is 1.44. The molecule has 5 nitrogen and oxygen atoms in total. The monoisotopic (exact) mass is 317 g/mol. The van der Waals surface area contributed by atoms with Crippen LogP contribution in [-0.4, -0.2) is 29.1 Å². The van der Waals surface area contributed by atoms with E-state index in [4.69, 9.17) is 4.74 Å². The van der Waals surface area contributed by atoms with Crippen LogP contribution in [0.4, 0.5) is 4.39 Å². The number of carbonyl (C=O) groups is 3. The summed E-state index contributed by atoms with van der Waals surface area (Å²) < 4.78 is 18.4. The summed E-state index contributed by atoms with van der Waals surface area (Å²) >= 11 is 0. The molecule has 1 N–H and O–H groups in total. The predicted octanol–water partition coefficient (Wildman–Crippen LogP) is 3.01. The van der Waals surface area contributed by atoms with Crippen molar-refractivity contribution in [1.82, 2.24) is 4.98 Å². The molecule has 0 spiro atoms. The minimum atomic E-state index is -0.761. The molecule has 0 aliphatic carbocycles. The van der Waals surface area contributed by atoms with E-state index in [0.717, 1.165) is 6.07 Å². The number of hydrogen-bond acceptors (Lipinski definition) is 4. The fourth-order valence-corrected chi connectivity index (χ4v) is 2.45. The van der Waals surface area contributed by atoms with Gasteiger partial charge in [-0.25, -0.2) is 9.18 Å². The summed E-state index contributed by atoms with van der Waals surface area (Å²) in [6.07, 6.45) is 0. The number of rotatable bonds is 5. The van der Waals surface area contributed by atoms with Crippen LogP contribution in [0.1, 0.15) is 49.4 Å². The van der Waals surface area contributed by atoms with Gasteiger partial charge in [-0.2, -0.15) is 0 Å². The third-order valence-electron chi connectivity index (χ3n) is 3.50. The SMILES string of the molecule is CC(=O)c1c(C)[nH]c(C(=O)OCC(=O)c2ccccc2F)c1C. The van der Waals surface area contributed by atoms with E-state index in [1.807, 2.05) is 0 Å². The van der Waals surface area contributed by atoms with E-state index in [9.17, 15) is 18.8 Å². The Hall–Kier alpha value is -2.76. The lowest BCUT2D eigenvalue weighted by atomic mass is 10.1. The van der Waals surface area contributed by atoms with Crippen LogP contribution in [-0.2, 0) is 4.74 Å². The Kier molecular flexibility index (Phi) is 4.74. The summed E-state index contributed by atoms with van der Waals surface area (Å²) in [6, 6.07) is 5.47. The van der Waals surface area contributed by atoms with Crippen LogP contribution in [0.3, 0.4) is 0 Å². The molecule has 6 heteroatoms. The van der Waals surface area contributed by atoms with Crippen molar-refractivity contribution < 1.29 is 23.5 Å². The molecule has 0 atom stereocenters. The van der Waals surface area contributed by atoms with Crippen LogP contribution in [0.25, 0.3) is 0 Å². The lowest BCUT2D eigenvalue weighted by Crippen LogP contribution is -2.16. The lowest BCUT2D eigenvalue weighted by molar-refractivity contribution is 0.0467. The van der Waals surface area contributed by atoms with Gasteiger partial charge in [-0.1, -0.05) is 12.1 Å². The molecule has 0 aliphatic rings. The van der Waals surface area contributed by atoms with Crippen molar-refractivity contribution in [2.45, 2.75) is 20.8 Å². The average Bonchev–Trinajstić information content (AvgIpc) is 2.80. The highest BCUT2D eigenvalue weighted by Crippen LogP contribution is 2.19. The molecule has 1 aromatic heterocycles. The van der Waals surface area contributed by atoms with E-state index in [-0.39, 0.29) is 17.0 Å². The fraction of sp³-hybridized carbons (Fsp3) is 0.235. The molecule has 0 amide bonds. The molecule has 23 heavy (non-hydrogen) atoms. The lowest BCUT2D eigenvalue weighted by Gasteiger charge is -2.05. The molecule has 0 fully saturated rings. The summed E-state index contributed by atoms with van der Waals surface area (Å²) in [5, 5.41) is 0. The Morgan fingerprint density at radius 1 is 1.17 bits per heavy atom. The first kappa shape index (κ1) is 16.6. The minimum absolute atomic E-state index is 0.119. The maximum atomic E-state index is 13.5. The number of ether oxygens (including phenoxy) is 1. The molecular formula is C17H16FNO4. The second kappa shape index (κ2) is 6.56. The second-order valence-electron chi connectivity index (χ2n) is 5.16. The van der Waals surface area contributed by atoms with Gasteiger partial charge in [0.25, 0.3) is 0 Å². The molecule has 0 saturated carbocycles. The summed E-state index contributed by atoms with van der Waals surface area (Å²) in [7, 11) is 0. The number of hydrogen-bond donors (Lipinski definition) is 1. The molecule has 0 radical (unpaired) electrons. The number of ketones is 2. The zero-order valence-corrected chi connectivity index (χ0v) is 13.0. The van der Waals surface area contributed by atoms with E-state index < -0.39 is 24.2 Å². The molecular weight excluding hydrogens is 301 g/mol. The van der Waals surface area contributed by atoms with Crippen LogP contribution in [0.2, 0.25) is 0 Å². The zero-order valence-electron chi connectivity index (χ0n) is 13.0. The number of nitrogens with one attached hydrogen (secondary N) is 1. The molecule has 120 valence electrons. The smallest absolute Gasteiger partial charge is 0.355 e. The number of H-pyrrole nitrogens is 1. The average molecular weight is 317 g/mol. The van der Waals surface area contributed by atoms with Crippen molar-refractivity contribution in [2.24, 2.45) is 0 Å². The molecule has 0 unspecified atom stereocenters. The minimum Gasteiger partial charge on any atom is -0.453 e. The highest BCUT2D eigenvalue weighted by molar-refractivity contribution is 6.02. The van der Waals surface area contributed by atoms with Crippen molar-refractivity contribution in [3.63, 3.8) is 0 Å². The van der Waals surface area contributed by atoms with Gasteiger partial charge in [-0.15, -0.1) is 0 Å².